The molecule has 0 aliphatic heterocycles. The quantitative estimate of drug-likeness (QED) is 0.853. The zero-order valence-electron chi connectivity index (χ0n) is 11.8. The van der Waals surface area contributed by atoms with Crippen LogP contribution in [0.3, 0.4) is 0 Å². The molecular formula is C13H19N5OS. The molecule has 0 aromatic carbocycles. The normalized spacial score (nSPS) is 17.7. The van der Waals surface area contributed by atoms with Crippen molar-refractivity contribution in [1.29, 1.82) is 0 Å². The lowest BCUT2D eigenvalue weighted by molar-refractivity contribution is 0.376. The Balaban J connectivity index is 1.59. The average Bonchev–Trinajstić information content (AvgIpc) is 3.13. The van der Waals surface area contributed by atoms with E-state index in [1.54, 1.807) is 0 Å². The predicted octanol–water partition coefficient (Wildman–Crippen LogP) is 3.08. The fraction of sp³-hybridized carbons (Fsp3) is 0.692. The number of H-pyrrole nitrogens is 1. The highest BCUT2D eigenvalue weighted by Gasteiger charge is 2.19. The molecule has 1 N–H and O–H groups in total. The molecule has 1 aliphatic carbocycles. The standard InChI is InChI=1S/C13H19N5OS/c1-8(12-14-9(2)18-19-12)20-13-15-11(16-17-13)7-10-5-3-4-6-10/h8,10H,3-7H2,1-2H3,(H,15,16,17)/t8-/m1/s1. The van der Waals surface area contributed by atoms with Gasteiger partial charge in [-0.1, -0.05) is 42.6 Å². The second-order valence-corrected chi connectivity index (χ2v) is 6.67. The van der Waals surface area contributed by atoms with E-state index in [2.05, 4.69) is 25.3 Å². The van der Waals surface area contributed by atoms with Crippen molar-refractivity contribution in [3.05, 3.63) is 17.5 Å². The Labute approximate surface area is 122 Å². The van der Waals surface area contributed by atoms with Gasteiger partial charge in [-0.05, 0) is 19.8 Å². The molecule has 0 saturated heterocycles. The summed E-state index contributed by atoms with van der Waals surface area (Å²) in [5.74, 6) is 3.05. The van der Waals surface area contributed by atoms with E-state index in [0.29, 0.717) is 11.7 Å². The van der Waals surface area contributed by atoms with Gasteiger partial charge in [0.2, 0.25) is 11.0 Å². The van der Waals surface area contributed by atoms with E-state index in [1.165, 1.54) is 37.4 Å². The van der Waals surface area contributed by atoms with E-state index < -0.39 is 0 Å². The largest absolute Gasteiger partial charge is 0.338 e. The van der Waals surface area contributed by atoms with E-state index >= 15 is 0 Å². The van der Waals surface area contributed by atoms with Crippen LogP contribution < -0.4 is 0 Å². The summed E-state index contributed by atoms with van der Waals surface area (Å²) in [7, 11) is 0. The molecule has 2 aromatic rings. The van der Waals surface area contributed by atoms with E-state index in [1.807, 2.05) is 13.8 Å². The van der Waals surface area contributed by atoms with Crippen LogP contribution in [-0.2, 0) is 6.42 Å². The van der Waals surface area contributed by atoms with Crippen LogP contribution in [0.2, 0.25) is 0 Å². The Bertz CT molecular complexity index is 561. The number of nitrogens with zero attached hydrogens (tertiary/aromatic N) is 4. The van der Waals surface area contributed by atoms with Crippen molar-refractivity contribution in [3.8, 4) is 0 Å². The summed E-state index contributed by atoms with van der Waals surface area (Å²) in [6, 6.07) is 0. The molecule has 2 aromatic heterocycles. The number of hydrogen-bond donors (Lipinski definition) is 1. The van der Waals surface area contributed by atoms with E-state index in [9.17, 15) is 0 Å². The van der Waals surface area contributed by atoms with Gasteiger partial charge in [-0.3, -0.25) is 5.10 Å². The van der Waals surface area contributed by atoms with Gasteiger partial charge in [-0.2, -0.15) is 4.98 Å². The minimum Gasteiger partial charge on any atom is -0.338 e. The summed E-state index contributed by atoms with van der Waals surface area (Å²) in [4.78, 5) is 8.78. The van der Waals surface area contributed by atoms with Crippen LogP contribution in [0.4, 0.5) is 0 Å². The second kappa shape index (κ2) is 5.95. The highest BCUT2D eigenvalue weighted by molar-refractivity contribution is 7.99. The van der Waals surface area contributed by atoms with Crippen molar-refractivity contribution in [2.75, 3.05) is 0 Å². The lowest BCUT2D eigenvalue weighted by Gasteiger charge is -2.04. The van der Waals surface area contributed by atoms with E-state index in [4.69, 9.17) is 4.52 Å². The Morgan fingerprint density at radius 3 is 2.85 bits per heavy atom. The number of nitrogens with one attached hydrogen (secondary N) is 1. The third kappa shape index (κ3) is 3.20. The molecule has 3 rings (SSSR count). The molecule has 20 heavy (non-hydrogen) atoms. The number of aromatic amines is 1. The first-order chi connectivity index (χ1) is 9.70. The van der Waals surface area contributed by atoms with Gasteiger partial charge in [0.1, 0.15) is 5.82 Å². The Morgan fingerprint density at radius 1 is 1.35 bits per heavy atom. The molecule has 0 unspecified atom stereocenters. The molecule has 1 atom stereocenters. The summed E-state index contributed by atoms with van der Waals surface area (Å²) < 4.78 is 5.16. The maximum Gasteiger partial charge on any atom is 0.239 e. The molecule has 0 radical (unpaired) electrons. The number of rotatable bonds is 5. The van der Waals surface area contributed by atoms with Crippen molar-refractivity contribution in [1.82, 2.24) is 25.3 Å². The molecule has 6 nitrogen and oxygen atoms in total. The summed E-state index contributed by atoms with van der Waals surface area (Å²) in [6.45, 7) is 3.83. The SMILES string of the molecule is Cc1noc([C@@H](C)Sc2n[nH]c(CC3CCCC3)n2)n1. The molecule has 0 amide bonds. The topological polar surface area (TPSA) is 80.5 Å². The minimum absolute atomic E-state index is 0.0614. The van der Waals surface area contributed by atoms with Crippen LogP contribution in [0.25, 0.3) is 0 Å². The first-order valence-corrected chi connectivity index (χ1v) is 7.97. The zero-order valence-corrected chi connectivity index (χ0v) is 12.6. The minimum atomic E-state index is 0.0614. The molecule has 7 heteroatoms. The van der Waals surface area contributed by atoms with Crippen molar-refractivity contribution >= 4 is 11.8 Å². The van der Waals surface area contributed by atoms with Crippen LogP contribution in [0.5, 0.6) is 0 Å². The van der Waals surface area contributed by atoms with E-state index in [-0.39, 0.29) is 5.25 Å². The molecular weight excluding hydrogens is 274 g/mol. The smallest absolute Gasteiger partial charge is 0.239 e. The maximum atomic E-state index is 5.16. The maximum absolute atomic E-state index is 5.16. The molecule has 0 spiro atoms. The Kier molecular flexibility index (Phi) is 4.05. The fourth-order valence-corrected chi connectivity index (χ4v) is 3.37. The number of aryl methyl sites for hydroxylation is 1. The van der Waals surface area contributed by atoms with Crippen LogP contribution in [0, 0.1) is 12.8 Å². The Hall–Kier alpha value is -1.37. The molecule has 108 valence electrons. The van der Waals surface area contributed by atoms with Crippen molar-refractivity contribution in [3.63, 3.8) is 0 Å². The molecule has 1 fully saturated rings. The first kappa shape index (κ1) is 13.6. The van der Waals surface area contributed by atoms with Gasteiger partial charge in [0.05, 0.1) is 5.25 Å². The fourth-order valence-electron chi connectivity index (χ4n) is 2.60. The predicted molar refractivity (Wildman–Crippen MR) is 75.4 cm³/mol. The van der Waals surface area contributed by atoms with Crippen LogP contribution >= 0.6 is 11.8 Å². The Morgan fingerprint density at radius 2 is 2.15 bits per heavy atom. The summed E-state index contributed by atoms with van der Waals surface area (Å²) in [6.07, 6.45) is 6.37. The van der Waals surface area contributed by atoms with Crippen LogP contribution in [-0.4, -0.2) is 25.3 Å². The van der Waals surface area contributed by atoms with Gasteiger partial charge in [0.25, 0.3) is 0 Å². The number of thioether (sulfide) groups is 1. The van der Waals surface area contributed by atoms with Crippen molar-refractivity contribution < 1.29 is 4.52 Å². The van der Waals surface area contributed by atoms with Gasteiger partial charge in [0.15, 0.2) is 5.82 Å². The average molecular weight is 293 g/mol. The van der Waals surface area contributed by atoms with Gasteiger partial charge in [0, 0.05) is 6.42 Å². The second-order valence-electron chi connectivity index (χ2n) is 5.36. The molecule has 1 saturated carbocycles. The van der Waals surface area contributed by atoms with E-state index in [0.717, 1.165) is 23.3 Å². The third-order valence-corrected chi connectivity index (χ3v) is 4.59. The van der Waals surface area contributed by atoms with Gasteiger partial charge in [-0.15, -0.1) is 5.10 Å². The molecule has 1 aliphatic rings. The summed E-state index contributed by atoms with van der Waals surface area (Å²) in [5.41, 5.74) is 0. The van der Waals surface area contributed by atoms with Crippen LogP contribution in [0.1, 0.15) is 55.4 Å². The lowest BCUT2D eigenvalue weighted by atomic mass is 10.0. The lowest BCUT2D eigenvalue weighted by Crippen LogP contribution is -2.00. The monoisotopic (exact) mass is 293 g/mol. The van der Waals surface area contributed by atoms with Gasteiger partial charge >= 0.3 is 0 Å². The van der Waals surface area contributed by atoms with Crippen molar-refractivity contribution in [2.45, 2.75) is 56.4 Å². The zero-order chi connectivity index (χ0) is 13.9. The third-order valence-electron chi connectivity index (χ3n) is 3.64. The molecule has 0 bridgehead atoms. The van der Waals surface area contributed by atoms with Gasteiger partial charge < -0.3 is 4.52 Å². The first-order valence-electron chi connectivity index (χ1n) is 7.09. The van der Waals surface area contributed by atoms with Gasteiger partial charge in [-0.25, -0.2) is 4.98 Å². The molecule has 2 heterocycles. The summed E-state index contributed by atoms with van der Waals surface area (Å²) >= 11 is 1.54. The number of hydrogen-bond acceptors (Lipinski definition) is 6. The van der Waals surface area contributed by atoms with Crippen LogP contribution in [0.15, 0.2) is 9.68 Å². The number of aromatic nitrogens is 5. The highest BCUT2D eigenvalue weighted by Crippen LogP contribution is 2.32. The van der Waals surface area contributed by atoms with Crippen molar-refractivity contribution in [2.24, 2.45) is 5.92 Å². The highest BCUT2D eigenvalue weighted by atomic mass is 32.2. The summed E-state index contributed by atoms with van der Waals surface area (Å²) in [5, 5.41) is 11.9.